The summed E-state index contributed by atoms with van der Waals surface area (Å²) in [6.07, 6.45) is 4.43. The Hall–Kier alpha value is -3.66. The molecule has 48 heavy (non-hydrogen) atoms. The van der Waals surface area contributed by atoms with Crippen LogP contribution in [-0.2, 0) is 12.8 Å². The van der Waals surface area contributed by atoms with Crippen LogP contribution in [0.5, 0.6) is 34.5 Å². The van der Waals surface area contributed by atoms with E-state index >= 15 is 0 Å². The summed E-state index contributed by atoms with van der Waals surface area (Å²) in [5, 5.41) is 11.4. The Kier molecular flexibility index (Phi) is 10.9. The number of β-amino-alcohol motifs (C(OH)–C–C–N with tert-alkyl or cyclic N) is 1. The van der Waals surface area contributed by atoms with E-state index in [9.17, 15) is 5.11 Å². The summed E-state index contributed by atoms with van der Waals surface area (Å²) in [7, 11) is 8.45. The normalized spacial score (nSPS) is 22.9. The second kappa shape index (κ2) is 15.3. The molecule has 0 bridgehead atoms. The fourth-order valence-electron chi connectivity index (χ4n) is 8.36. The van der Waals surface area contributed by atoms with Crippen LogP contribution in [0.2, 0.25) is 0 Å². The number of hydrogen-bond donors (Lipinski definition) is 1. The topological polar surface area (TPSA) is 82.1 Å². The molecule has 1 unspecified atom stereocenters. The number of hydrogen-bond acceptors (Lipinski definition) is 9. The van der Waals surface area contributed by atoms with Crippen molar-refractivity contribution in [2.45, 2.75) is 57.2 Å². The molecule has 3 heterocycles. The van der Waals surface area contributed by atoms with Crippen LogP contribution in [0.25, 0.3) is 0 Å². The van der Waals surface area contributed by atoms with Gasteiger partial charge in [0.25, 0.3) is 0 Å². The predicted octanol–water partition coefficient (Wildman–Crippen LogP) is 6.10. The Morgan fingerprint density at radius 3 is 1.96 bits per heavy atom. The molecule has 0 saturated carbocycles. The third-order valence-electron chi connectivity index (χ3n) is 10.9. The first-order valence-electron chi connectivity index (χ1n) is 17.3. The lowest BCUT2D eigenvalue weighted by molar-refractivity contribution is 0.0138. The minimum atomic E-state index is -0.671. The molecule has 9 heteroatoms. The number of rotatable bonds is 13. The second-order valence-corrected chi connectivity index (χ2v) is 13.3. The third-order valence-corrected chi connectivity index (χ3v) is 10.9. The lowest BCUT2D eigenvalue weighted by Crippen LogP contribution is -2.48. The molecular formula is C39H52N2O7. The summed E-state index contributed by atoms with van der Waals surface area (Å²) in [5.41, 5.74) is 5.29. The van der Waals surface area contributed by atoms with Crippen LogP contribution in [0.15, 0.2) is 48.5 Å². The highest BCUT2D eigenvalue weighted by molar-refractivity contribution is 5.51. The van der Waals surface area contributed by atoms with Crippen molar-refractivity contribution in [3.05, 3.63) is 70.8 Å². The minimum absolute atomic E-state index is 0.119. The Morgan fingerprint density at radius 2 is 1.31 bits per heavy atom. The van der Waals surface area contributed by atoms with E-state index in [0.717, 1.165) is 74.7 Å². The maximum atomic E-state index is 11.4. The SMILES string of the molecule is CC[C@H]1CN2CCc3cc(OC)c(OC)cc3[C@@H]2C[C@@H]1C[C@@H]1c2cc(OC)c(OC)cc2CCN1CC(O)COc1ccccc1OC. The van der Waals surface area contributed by atoms with Gasteiger partial charge in [0.05, 0.1) is 35.5 Å². The molecule has 0 amide bonds. The number of benzene rings is 3. The van der Waals surface area contributed by atoms with E-state index < -0.39 is 6.10 Å². The molecular weight excluding hydrogens is 608 g/mol. The number of fused-ring (bicyclic) bond motifs is 4. The average Bonchev–Trinajstić information content (AvgIpc) is 3.13. The molecule has 0 aromatic heterocycles. The van der Waals surface area contributed by atoms with Gasteiger partial charge >= 0.3 is 0 Å². The number of aliphatic hydroxyl groups excluding tert-OH is 1. The van der Waals surface area contributed by atoms with Gasteiger partial charge in [0, 0.05) is 38.3 Å². The van der Waals surface area contributed by atoms with E-state index in [2.05, 4.69) is 41.0 Å². The monoisotopic (exact) mass is 660 g/mol. The molecule has 9 nitrogen and oxygen atoms in total. The van der Waals surface area contributed by atoms with Crippen LogP contribution in [0.1, 0.15) is 60.5 Å². The first kappa shape index (κ1) is 34.2. The fraction of sp³-hybridized carbons (Fsp3) is 0.538. The van der Waals surface area contributed by atoms with Crippen LogP contribution < -0.4 is 28.4 Å². The van der Waals surface area contributed by atoms with Crippen molar-refractivity contribution < 1.29 is 33.5 Å². The van der Waals surface area contributed by atoms with Crippen LogP contribution in [0.4, 0.5) is 0 Å². The molecule has 0 spiro atoms. The van der Waals surface area contributed by atoms with Gasteiger partial charge in [-0.05, 0) is 96.2 Å². The van der Waals surface area contributed by atoms with E-state index in [1.165, 1.54) is 22.3 Å². The molecule has 0 radical (unpaired) electrons. The van der Waals surface area contributed by atoms with Crippen LogP contribution in [0.3, 0.4) is 0 Å². The van der Waals surface area contributed by atoms with Gasteiger partial charge in [-0.2, -0.15) is 0 Å². The summed E-state index contributed by atoms with van der Waals surface area (Å²) < 4.78 is 34.4. The van der Waals surface area contributed by atoms with E-state index in [1.54, 1.807) is 35.5 Å². The molecule has 1 fully saturated rings. The van der Waals surface area contributed by atoms with Gasteiger partial charge in [-0.1, -0.05) is 25.5 Å². The maximum Gasteiger partial charge on any atom is 0.161 e. The van der Waals surface area contributed by atoms with Gasteiger partial charge < -0.3 is 33.5 Å². The highest BCUT2D eigenvalue weighted by Gasteiger charge is 2.41. The van der Waals surface area contributed by atoms with E-state index in [1.807, 2.05) is 24.3 Å². The van der Waals surface area contributed by atoms with Gasteiger partial charge in [-0.25, -0.2) is 0 Å². The molecule has 3 aromatic carbocycles. The minimum Gasteiger partial charge on any atom is -0.493 e. The lowest BCUT2D eigenvalue weighted by Gasteiger charge is -2.49. The van der Waals surface area contributed by atoms with Crippen molar-refractivity contribution in [2.75, 3.05) is 68.3 Å². The zero-order valence-electron chi connectivity index (χ0n) is 29.4. The molecule has 3 aliphatic rings. The Bertz CT molecular complexity index is 1550. The van der Waals surface area contributed by atoms with Crippen molar-refractivity contribution >= 4 is 0 Å². The third kappa shape index (κ3) is 6.91. The van der Waals surface area contributed by atoms with Crippen molar-refractivity contribution in [3.63, 3.8) is 0 Å². The molecule has 3 aliphatic heterocycles. The molecule has 1 N–H and O–H groups in total. The zero-order valence-corrected chi connectivity index (χ0v) is 29.4. The van der Waals surface area contributed by atoms with Crippen molar-refractivity contribution in [1.29, 1.82) is 0 Å². The number of aliphatic hydroxyl groups is 1. The highest BCUT2D eigenvalue weighted by atomic mass is 16.5. The quantitative estimate of drug-likeness (QED) is 0.234. The van der Waals surface area contributed by atoms with E-state index in [0.29, 0.717) is 35.9 Å². The smallest absolute Gasteiger partial charge is 0.161 e. The number of piperidine rings is 1. The van der Waals surface area contributed by atoms with Crippen LogP contribution in [0, 0.1) is 11.8 Å². The van der Waals surface area contributed by atoms with Crippen molar-refractivity contribution in [2.24, 2.45) is 11.8 Å². The van der Waals surface area contributed by atoms with Gasteiger partial charge in [-0.15, -0.1) is 0 Å². The van der Waals surface area contributed by atoms with Crippen LogP contribution >= 0.6 is 0 Å². The van der Waals surface area contributed by atoms with E-state index in [-0.39, 0.29) is 12.6 Å². The largest absolute Gasteiger partial charge is 0.493 e. The Balaban J connectivity index is 1.28. The first-order valence-corrected chi connectivity index (χ1v) is 17.3. The summed E-state index contributed by atoms with van der Waals surface area (Å²) in [6.45, 7) is 6.01. The predicted molar refractivity (Wildman–Crippen MR) is 186 cm³/mol. The number of methoxy groups -OCH3 is 5. The second-order valence-electron chi connectivity index (χ2n) is 13.3. The molecule has 0 aliphatic carbocycles. The summed E-state index contributed by atoms with van der Waals surface area (Å²) >= 11 is 0. The zero-order chi connectivity index (χ0) is 33.8. The molecule has 3 aromatic rings. The Labute approximate surface area is 285 Å². The summed E-state index contributed by atoms with van der Waals surface area (Å²) in [5.74, 6) is 5.46. The number of ether oxygens (including phenoxy) is 6. The summed E-state index contributed by atoms with van der Waals surface area (Å²) in [4.78, 5) is 5.16. The van der Waals surface area contributed by atoms with Gasteiger partial charge in [0.2, 0.25) is 0 Å². The molecule has 1 saturated heterocycles. The molecule has 260 valence electrons. The maximum absolute atomic E-state index is 11.4. The van der Waals surface area contributed by atoms with Gasteiger partial charge in [0.1, 0.15) is 12.7 Å². The fourth-order valence-corrected chi connectivity index (χ4v) is 8.36. The number of para-hydroxylation sites is 2. The highest BCUT2D eigenvalue weighted by Crippen LogP contribution is 2.49. The molecule has 5 atom stereocenters. The summed E-state index contributed by atoms with van der Waals surface area (Å²) in [6, 6.07) is 16.7. The molecule has 6 rings (SSSR count). The standard InChI is InChI=1S/C39H52N2O7/c1-7-25-22-40-14-12-26-18-36(44-3)38(46-5)20-30(26)32(40)16-28(25)17-33-31-21-39(47-6)37(45-4)19-27(31)13-15-41(33)23-29(42)24-48-35-11-9-8-10-34(35)43-2/h8-11,18-21,25,28-29,32-33,42H,7,12-17,22-24H2,1-6H3/t25-,28+,29?,32-,33+/m0/s1. The van der Waals surface area contributed by atoms with Gasteiger partial charge in [-0.3, -0.25) is 9.80 Å². The van der Waals surface area contributed by atoms with Crippen LogP contribution in [-0.4, -0.2) is 89.3 Å². The van der Waals surface area contributed by atoms with Crippen molar-refractivity contribution in [1.82, 2.24) is 9.80 Å². The van der Waals surface area contributed by atoms with Crippen molar-refractivity contribution in [3.8, 4) is 34.5 Å². The number of nitrogens with zero attached hydrogens (tertiary/aromatic N) is 2. The lowest BCUT2D eigenvalue weighted by atomic mass is 9.72. The average molecular weight is 661 g/mol. The first-order chi connectivity index (χ1) is 23.4. The van der Waals surface area contributed by atoms with Gasteiger partial charge in [0.15, 0.2) is 34.5 Å². The van der Waals surface area contributed by atoms with E-state index in [4.69, 9.17) is 28.4 Å². The Morgan fingerprint density at radius 1 is 0.729 bits per heavy atom.